The first kappa shape index (κ1) is 49.0. The highest BCUT2D eigenvalue weighted by atomic mass is 31.2. The van der Waals surface area contributed by atoms with Crippen molar-refractivity contribution in [2.75, 3.05) is 60.5 Å². The van der Waals surface area contributed by atoms with Crippen LogP contribution < -0.4 is 22.5 Å². The fraction of sp³-hybridized carbons (Fsp3) is 0.757. The summed E-state index contributed by atoms with van der Waals surface area (Å²) in [5.74, 6) is 0. The second-order valence-electron chi connectivity index (χ2n) is 15.1. The molecule has 61 heavy (non-hydrogen) atoms. The highest BCUT2D eigenvalue weighted by molar-refractivity contribution is 7.59. The summed E-state index contributed by atoms with van der Waals surface area (Å²) in [4.78, 5) is 58.5. The molecule has 0 spiro atoms. The monoisotopic (exact) mass is 911 g/mol. The molecule has 0 amide bonds. The number of ether oxygens (including phenoxy) is 6. The van der Waals surface area contributed by atoms with Gasteiger partial charge in [-0.1, -0.05) is 0 Å². The predicted octanol–water partition coefficient (Wildman–Crippen LogP) is 3.52. The Kier molecular flexibility index (Phi) is 17.7. The summed E-state index contributed by atoms with van der Waals surface area (Å²) in [6, 6.07) is -0.433. The van der Waals surface area contributed by atoms with E-state index < -0.39 is 106 Å². The molecule has 2 aromatic rings. The number of aromatic amines is 2. The lowest BCUT2D eigenvalue weighted by Crippen LogP contribution is -2.43. The highest BCUT2D eigenvalue weighted by Crippen LogP contribution is 2.63. The van der Waals surface area contributed by atoms with E-state index in [9.17, 15) is 23.7 Å². The van der Waals surface area contributed by atoms with Crippen molar-refractivity contribution in [2.24, 2.45) is 0 Å². The first-order chi connectivity index (χ1) is 29.2. The molecule has 2 unspecified atom stereocenters. The molecule has 2 aliphatic rings. The number of rotatable bonds is 23. The van der Waals surface area contributed by atoms with Gasteiger partial charge in [-0.05, 0) is 48.4 Å². The van der Waals surface area contributed by atoms with Gasteiger partial charge in [0, 0.05) is 57.9 Å². The average molecular weight is 912 g/mol. The second kappa shape index (κ2) is 22.0. The number of alkyl halides is 2. The maximum absolute atomic E-state index is 17.1. The Balaban J connectivity index is 1.80. The van der Waals surface area contributed by atoms with Gasteiger partial charge in [-0.15, -0.1) is 0 Å². The molecule has 0 aliphatic carbocycles. The zero-order chi connectivity index (χ0) is 46.1. The van der Waals surface area contributed by atoms with Gasteiger partial charge in [-0.2, -0.15) is 8.78 Å². The maximum Gasteiger partial charge on any atom is 0.330 e. The van der Waals surface area contributed by atoms with Crippen LogP contribution >= 0.6 is 15.9 Å². The fourth-order valence-corrected chi connectivity index (χ4v) is 9.98. The molecule has 4 heterocycles. The Morgan fingerprint density at radius 1 is 0.885 bits per heavy atom. The van der Waals surface area contributed by atoms with E-state index in [-0.39, 0.29) is 62.8 Å². The van der Waals surface area contributed by atoms with Gasteiger partial charge >= 0.3 is 17.0 Å². The number of hydrogen-bond donors (Lipinski definition) is 2. The van der Waals surface area contributed by atoms with Crippen molar-refractivity contribution >= 4 is 15.9 Å². The molecule has 0 saturated carbocycles. The Morgan fingerprint density at radius 2 is 1.39 bits per heavy atom. The van der Waals surface area contributed by atoms with Gasteiger partial charge < -0.3 is 46.8 Å². The molecule has 4 rings (SSSR count). The molecule has 2 saturated heterocycles. The fourth-order valence-electron chi connectivity index (χ4n) is 6.83. The minimum Gasteiger partial charge on any atom is -0.382 e. The van der Waals surface area contributed by atoms with Crippen molar-refractivity contribution < 1.29 is 56.7 Å². The topological polar surface area (TPSA) is 217 Å². The SMILES string of the molecule is [2H]C[C@H]1O[C@@H](n2cc(C)c(=O)[nH]c2=O)[C@H](OCCOC)[C@@H]1OP(C)(=O)C(F)(F)C[C@H]1O[C@@H](n2cc(C)c(=O)[nH]c2=O)[C@H](OCCOC)[C@@H]1OP(OCC[N+]#[C-])N(C(C)C)C(C)C. The van der Waals surface area contributed by atoms with Gasteiger partial charge in [-0.3, -0.25) is 33.3 Å². The van der Waals surface area contributed by atoms with Crippen LogP contribution in [-0.2, 0) is 46.6 Å². The third-order valence-electron chi connectivity index (χ3n) is 9.83. The van der Waals surface area contributed by atoms with E-state index in [1.54, 1.807) is 0 Å². The molecule has 10 atom stereocenters. The van der Waals surface area contributed by atoms with Gasteiger partial charge in [0.2, 0.25) is 6.54 Å². The molecule has 2 N–H and O–H groups in total. The molecule has 0 bridgehead atoms. The molecular weight excluding hydrogens is 852 g/mol. The molecule has 344 valence electrons. The molecule has 2 aromatic heterocycles. The van der Waals surface area contributed by atoms with Crippen LogP contribution in [0.5, 0.6) is 0 Å². The number of H-pyrrole nitrogens is 2. The summed E-state index contributed by atoms with van der Waals surface area (Å²) < 4.78 is 114. The smallest absolute Gasteiger partial charge is 0.330 e. The summed E-state index contributed by atoms with van der Waals surface area (Å²) in [5.41, 5.74) is -7.23. The van der Waals surface area contributed by atoms with Gasteiger partial charge in [0.05, 0.1) is 45.1 Å². The van der Waals surface area contributed by atoms with Crippen LogP contribution in [0.15, 0.2) is 31.6 Å². The van der Waals surface area contributed by atoms with Crippen LogP contribution in [0.25, 0.3) is 4.85 Å². The first-order valence-corrected chi connectivity index (χ1v) is 22.7. The van der Waals surface area contributed by atoms with E-state index in [1.807, 2.05) is 32.4 Å². The molecular formula is C37H58F2N6O14P2. The van der Waals surface area contributed by atoms with Crippen molar-refractivity contribution in [2.45, 2.75) is 122 Å². The molecule has 2 aliphatic heterocycles. The first-order valence-electron chi connectivity index (χ1n) is 20.2. The van der Waals surface area contributed by atoms with Crippen LogP contribution in [0.4, 0.5) is 8.78 Å². The van der Waals surface area contributed by atoms with Gasteiger partial charge in [0.25, 0.3) is 27.0 Å². The van der Waals surface area contributed by atoms with Crippen molar-refractivity contribution in [3.05, 3.63) is 76.6 Å². The quantitative estimate of drug-likeness (QED) is 0.0927. The Morgan fingerprint density at radius 3 is 1.87 bits per heavy atom. The zero-order valence-electron chi connectivity index (χ0n) is 36.7. The van der Waals surface area contributed by atoms with Crippen molar-refractivity contribution in [3.63, 3.8) is 0 Å². The van der Waals surface area contributed by atoms with Gasteiger partial charge in [0.15, 0.2) is 12.5 Å². The number of methoxy groups -OCH3 is 2. The van der Waals surface area contributed by atoms with Crippen molar-refractivity contribution in [3.8, 4) is 0 Å². The normalized spacial score (nSPS) is 26.2. The van der Waals surface area contributed by atoms with Gasteiger partial charge in [-0.25, -0.2) is 20.8 Å². The molecule has 0 radical (unpaired) electrons. The van der Waals surface area contributed by atoms with E-state index >= 15 is 8.78 Å². The second-order valence-corrected chi connectivity index (χ2v) is 19.1. The van der Waals surface area contributed by atoms with Crippen LogP contribution in [-0.4, -0.2) is 139 Å². The van der Waals surface area contributed by atoms with Crippen molar-refractivity contribution in [1.29, 1.82) is 0 Å². The van der Waals surface area contributed by atoms with E-state index in [1.165, 1.54) is 40.5 Å². The number of aryl methyl sites for hydroxylation is 2. The Hall–Kier alpha value is -3.03. The molecule has 0 aromatic carbocycles. The third kappa shape index (κ3) is 12.2. The van der Waals surface area contributed by atoms with E-state index in [4.69, 9.17) is 49.9 Å². The summed E-state index contributed by atoms with van der Waals surface area (Å²) in [6.45, 7) is 17.4. The number of aromatic nitrogens is 4. The molecule has 20 nitrogen and oxygen atoms in total. The number of nitrogens with one attached hydrogen (secondary N) is 2. The largest absolute Gasteiger partial charge is 0.382 e. The molecule has 2 fully saturated rings. The predicted molar refractivity (Wildman–Crippen MR) is 218 cm³/mol. The maximum atomic E-state index is 17.1. The summed E-state index contributed by atoms with van der Waals surface area (Å²) >= 11 is 0. The minimum atomic E-state index is -5.20. The third-order valence-corrected chi connectivity index (χ3v) is 14.0. The minimum absolute atomic E-state index is 0.0171. The average Bonchev–Trinajstić information content (AvgIpc) is 3.69. The standard InChI is InChI=1S/C37H58F2N6O14P2/c1-21(2)45(22(3)4)60(55-13-12-40-8)58-28-26(57-34(30(28)54-17-15-52-10)44-20-24(6)32(47)42-36(44)49)18-37(38,39)61(11,50)59-27-25(7)56-33(29(27)53-16-14-51-9)43-19-23(5)31(46)41-35(43)48/h19-22,25-30,33-34H,12-18H2,1-7,9-11H3,(H,41,46,48)(H,42,47,49)/t25-,26-,27-,28-,29-,30-,33-,34-,60?,61?/m1/s1/i7D. The molecule has 24 heteroatoms. The lowest BCUT2D eigenvalue weighted by atomic mass is 10.1. The highest BCUT2D eigenvalue weighted by Gasteiger charge is 2.59. The van der Waals surface area contributed by atoms with E-state index in [0.717, 1.165) is 9.13 Å². The lowest BCUT2D eigenvalue weighted by Gasteiger charge is -2.38. The van der Waals surface area contributed by atoms with E-state index in [2.05, 4.69) is 14.8 Å². The number of hydrogen-bond acceptors (Lipinski definition) is 15. The summed E-state index contributed by atoms with van der Waals surface area (Å²) in [5, 5.41) is 0. The zero-order valence-corrected chi connectivity index (χ0v) is 37.5. The summed E-state index contributed by atoms with van der Waals surface area (Å²) in [6.07, 6.45) is -10.7. The van der Waals surface area contributed by atoms with E-state index in [0.29, 0.717) is 6.66 Å². The number of halogens is 2. The van der Waals surface area contributed by atoms with Crippen LogP contribution in [0, 0.1) is 20.4 Å². The Labute approximate surface area is 354 Å². The lowest BCUT2D eigenvalue weighted by molar-refractivity contribution is -0.0869. The van der Waals surface area contributed by atoms with Crippen molar-refractivity contribution in [1.82, 2.24) is 23.8 Å². The van der Waals surface area contributed by atoms with Gasteiger partial charge in [0.1, 0.15) is 31.0 Å². The summed E-state index contributed by atoms with van der Waals surface area (Å²) in [7, 11) is -4.54. The Bertz CT molecular complexity index is 2110. The number of nitrogens with zero attached hydrogens (tertiary/aromatic N) is 4. The van der Waals surface area contributed by atoms with Crippen LogP contribution in [0.2, 0.25) is 0 Å². The van der Waals surface area contributed by atoms with Crippen LogP contribution in [0.3, 0.4) is 0 Å². The van der Waals surface area contributed by atoms with Crippen LogP contribution in [0.1, 0.15) is 66.0 Å².